The number of ether oxygens (including phenoxy) is 1. The maximum absolute atomic E-state index is 12.0. The second kappa shape index (κ2) is 7.47. The molecule has 9 nitrogen and oxygen atoms in total. The summed E-state index contributed by atoms with van der Waals surface area (Å²) < 4.78 is 31.6. The maximum Gasteiger partial charge on any atom is 0.329 e. The number of phenolic OH excluding ortho intramolecular Hbond substituents is 1. The number of hydrogen-bond acceptors (Lipinski definition) is 6. The number of carbonyl (C=O) groups is 2. The lowest BCUT2D eigenvalue weighted by molar-refractivity contribution is -0.117. The number of rotatable bonds is 5. The Morgan fingerprint density at radius 3 is 2.36 bits per heavy atom. The molecule has 0 radical (unpaired) electrons. The standard InChI is InChI=1S/C16H13Cl2N3O6S/c1-19-28(25,26)13-6-9(2-3-12(13)22)27-15-10(17)4-8(5-11(15)18)21-7-14(23)20-16(21)24/h2-6,19,22H,7H2,1H3,(H,20,23,24). The van der Waals surface area contributed by atoms with Gasteiger partial charge < -0.3 is 9.84 Å². The van der Waals surface area contributed by atoms with Crippen molar-refractivity contribution in [2.75, 3.05) is 18.5 Å². The van der Waals surface area contributed by atoms with Crippen LogP contribution in [0.1, 0.15) is 0 Å². The van der Waals surface area contributed by atoms with Gasteiger partial charge in [0, 0.05) is 11.8 Å². The fraction of sp³-hybridized carbons (Fsp3) is 0.125. The quantitative estimate of drug-likeness (QED) is 0.606. The van der Waals surface area contributed by atoms with Gasteiger partial charge in [-0.3, -0.25) is 15.0 Å². The van der Waals surface area contributed by atoms with E-state index < -0.39 is 27.7 Å². The first-order valence-electron chi connectivity index (χ1n) is 7.67. The zero-order valence-electron chi connectivity index (χ0n) is 14.2. The lowest BCUT2D eigenvalue weighted by atomic mass is 10.2. The zero-order chi connectivity index (χ0) is 20.6. The lowest BCUT2D eigenvalue weighted by Crippen LogP contribution is -2.27. The molecule has 2 aromatic carbocycles. The molecule has 1 heterocycles. The Morgan fingerprint density at radius 2 is 1.82 bits per heavy atom. The monoisotopic (exact) mass is 445 g/mol. The molecule has 1 fully saturated rings. The van der Waals surface area contributed by atoms with Gasteiger partial charge in [-0.1, -0.05) is 23.2 Å². The maximum atomic E-state index is 12.0. The number of aromatic hydroxyl groups is 1. The van der Waals surface area contributed by atoms with E-state index in [9.17, 15) is 23.1 Å². The molecule has 3 rings (SSSR count). The van der Waals surface area contributed by atoms with Gasteiger partial charge in [0.15, 0.2) is 5.75 Å². The van der Waals surface area contributed by atoms with Crippen molar-refractivity contribution in [1.29, 1.82) is 0 Å². The minimum atomic E-state index is -3.92. The van der Waals surface area contributed by atoms with Gasteiger partial charge >= 0.3 is 6.03 Å². The highest BCUT2D eigenvalue weighted by Crippen LogP contribution is 2.41. The van der Waals surface area contributed by atoms with E-state index in [0.717, 1.165) is 17.0 Å². The average Bonchev–Trinajstić information content (AvgIpc) is 2.97. The minimum Gasteiger partial charge on any atom is -0.507 e. The molecule has 0 atom stereocenters. The molecule has 0 spiro atoms. The van der Waals surface area contributed by atoms with Gasteiger partial charge in [0.05, 0.1) is 10.0 Å². The topological polar surface area (TPSA) is 125 Å². The van der Waals surface area contributed by atoms with Crippen LogP contribution in [0.15, 0.2) is 35.2 Å². The Morgan fingerprint density at radius 1 is 1.18 bits per heavy atom. The van der Waals surface area contributed by atoms with Gasteiger partial charge in [-0.25, -0.2) is 17.9 Å². The SMILES string of the molecule is CNS(=O)(=O)c1cc(Oc2c(Cl)cc(N3CC(=O)NC3=O)cc2Cl)ccc1O. The molecule has 148 valence electrons. The highest BCUT2D eigenvalue weighted by Gasteiger charge is 2.29. The predicted molar refractivity (Wildman–Crippen MR) is 102 cm³/mol. The average molecular weight is 446 g/mol. The number of nitrogens with zero attached hydrogens (tertiary/aromatic N) is 1. The Hall–Kier alpha value is -2.53. The Kier molecular flexibility index (Phi) is 5.39. The highest BCUT2D eigenvalue weighted by atomic mass is 35.5. The van der Waals surface area contributed by atoms with Crippen LogP contribution in [0.2, 0.25) is 10.0 Å². The van der Waals surface area contributed by atoms with Crippen LogP contribution < -0.4 is 19.7 Å². The van der Waals surface area contributed by atoms with E-state index in [0.29, 0.717) is 0 Å². The number of imide groups is 1. The number of halogens is 2. The third-order valence-corrected chi connectivity index (χ3v) is 5.80. The number of benzene rings is 2. The van der Waals surface area contributed by atoms with Gasteiger partial charge in [-0.2, -0.15) is 0 Å². The molecular weight excluding hydrogens is 433 g/mol. The first-order chi connectivity index (χ1) is 13.1. The van der Waals surface area contributed by atoms with Crippen molar-refractivity contribution in [1.82, 2.24) is 10.0 Å². The van der Waals surface area contributed by atoms with Gasteiger partial charge in [0.25, 0.3) is 0 Å². The van der Waals surface area contributed by atoms with Crippen LogP contribution in [-0.2, 0) is 14.8 Å². The van der Waals surface area contributed by atoms with Crippen molar-refractivity contribution in [3.8, 4) is 17.2 Å². The second-order valence-corrected chi connectivity index (χ2v) is 8.29. The molecule has 28 heavy (non-hydrogen) atoms. The summed E-state index contributed by atoms with van der Waals surface area (Å²) in [4.78, 5) is 23.9. The molecular formula is C16H13Cl2N3O6S. The van der Waals surface area contributed by atoms with E-state index in [1.807, 2.05) is 0 Å². The summed E-state index contributed by atoms with van der Waals surface area (Å²) in [6.07, 6.45) is 0. The third-order valence-electron chi connectivity index (χ3n) is 3.80. The van der Waals surface area contributed by atoms with Gasteiger partial charge in [-0.05, 0) is 31.3 Å². The van der Waals surface area contributed by atoms with E-state index >= 15 is 0 Å². The Labute approximate surface area is 169 Å². The van der Waals surface area contributed by atoms with Crippen molar-refractivity contribution >= 4 is 50.9 Å². The molecule has 3 N–H and O–H groups in total. The number of phenols is 1. The zero-order valence-corrected chi connectivity index (χ0v) is 16.5. The number of urea groups is 1. The van der Waals surface area contributed by atoms with Crippen molar-refractivity contribution in [2.45, 2.75) is 4.90 Å². The van der Waals surface area contributed by atoms with E-state index in [1.54, 1.807) is 0 Å². The van der Waals surface area contributed by atoms with Crippen LogP contribution in [-0.4, -0.2) is 39.1 Å². The summed E-state index contributed by atoms with van der Waals surface area (Å²) in [7, 11) is -2.72. The fourth-order valence-electron chi connectivity index (χ4n) is 2.45. The van der Waals surface area contributed by atoms with Gasteiger partial charge in [-0.15, -0.1) is 0 Å². The lowest BCUT2D eigenvalue weighted by Gasteiger charge is -2.17. The normalized spacial score (nSPS) is 14.3. The summed E-state index contributed by atoms with van der Waals surface area (Å²) in [5.74, 6) is -0.854. The van der Waals surface area contributed by atoms with Crippen LogP contribution in [0, 0.1) is 0 Å². The molecule has 0 saturated carbocycles. The van der Waals surface area contributed by atoms with Gasteiger partial charge in [0.1, 0.15) is 22.9 Å². The number of sulfonamides is 1. The predicted octanol–water partition coefficient (Wildman–Crippen LogP) is 2.46. The van der Waals surface area contributed by atoms with Crippen LogP contribution in [0.3, 0.4) is 0 Å². The van der Waals surface area contributed by atoms with Gasteiger partial charge in [0.2, 0.25) is 15.9 Å². The van der Waals surface area contributed by atoms with Crippen LogP contribution in [0.5, 0.6) is 17.2 Å². The summed E-state index contributed by atoms with van der Waals surface area (Å²) in [5, 5.41) is 12.0. The van der Waals surface area contributed by atoms with E-state index in [1.165, 1.54) is 25.2 Å². The third kappa shape index (κ3) is 3.85. The summed E-state index contributed by atoms with van der Waals surface area (Å²) >= 11 is 12.4. The molecule has 3 amide bonds. The molecule has 0 aliphatic carbocycles. The molecule has 2 aromatic rings. The van der Waals surface area contributed by atoms with Crippen LogP contribution >= 0.6 is 23.2 Å². The van der Waals surface area contributed by atoms with E-state index in [2.05, 4.69) is 10.0 Å². The second-order valence-electron chi connectivity index (χ2n) is 5.62. The molecule has 1 aliphatic rings. The Balaban J connectivity index is 1.95. The molecule has 12 heteroatoms. The van der Waals surface area contributed by atoms with E-state index in [-0.39, 0.29) is 38.7 Å². The molecule has 1 saturated heterocycles. The van der Waals surface area contributed by atoms with Crippen molar-refractivity contribution < 1.29 is 27.9 Å². The molecule has 1 aliphatic heterocycles. The largest absolute Gasteiger partial charge is 0.507 e. The fourth-order valence-corrected chi connectivity index (χ4v) is 3.84. The van der Waals surface area contributed by atoms with Crippen LogP contribution in [0.25, 0.3) is 0 Å². The minimum absolute atomic E-state index is 0.0107. The smallest absolute Gasteiger partial charge is 0.329 e. The summed E-state index contributed by atoms with van der Waals surface area (Å²) in [5.41, 5.74) is 0.287. The number of anilines is 1. The van der Waals surface area contributed by atoms with Crippen molar-refractivity contribution in [3.63, 3.8) is 0 Å². The van der Waals surface area contributed by atoms with E-state index in [4.69, 9.17) is 27.9 Å². The number of carbonyl (C=O) groups excluding carboxylic acids is 2. The number of amides is 3. The number of hydrogen-bond donors (Lipinski definition) is 3. The number of nitrogens with one attached hydrogen (secondary N) is 2. The summed E-state index contributed by atoms with van der Waals surface area (Å²) in [6, 6.07) is 5.74. The Bertz CT molecular complexity index is 1070. The first-order valence-corrected chi connectivity index (χ1v) is 9.91. The van der Waals surface area contributed by atoms with Crippen molar-refractivity contribution in [2.24, 2.45) is 0 Å². The molecule has 0 aromatic heterocycles. The highest BCUT2D eigenvalue weighted by molar-refractivity contribution is 7.89. The van der Waals surface area contributed by atoms with Crippen molar-refractivity contribution in [3.05, 3.63) is 40.4 Å². The molecule has 0 unspecified atom stereocenters. The first kappa shape index (κ1) is 20.2. The molecule has 0 bridgehead atoms. The van der Waals surface area contributed by atoms with Crippen LogP contribution in [0.4, 0.5) is 10.5 Å². The summed E-state index contributed by atoms with van der Waals surface area (Å²) in [6.45, 7) is -0.172.